The Kier molecular flexibility index (Phi) is 5.07. The van der Waals surface area contributed by atoms with Crippen LogP contribution < -0.4 is 16.0 Å². The van der Waals surface area contributed by atoms with E-state index in [9.17, 15) is 4.79 Å². The van der Waals surface area contributed by atoms with Gasteiger partial charge in [-0.05, 0) is 35.9 Å². The number of halogens is 1. The Bertz CT molecular complexity index is 1060. The summed E-state index contributed by atoms with van der Waals surface area (Å²) in [4.78, 5) is 22.5. The van der Waals surface area contributed by atoms with Gasteiger partial charge in [-0.2, -0.15) is 0 Å². The Labute approximate surface area is 167 Å². The van der Waals surface area contributed by atoms with Crippen molar-refractivity contribution in [3.05, 3.63) is 74.7 Å². The number of hydrogen-bond acceptors (Lipinski definition) is 5. The second-order valence-electron chi connectivity index (χ2n) is 6.86. The van der Waals surface area contributed by atoms with Crippen LogP contribution in [0.15, 0.2) is 47.3 Å². The third kappa shape index (κ3) is 3.61. The van der Waals surface area contributed by atoms with Crippen LogP contribution in [0.4, 0.5) is 5.69 Å². The van der Waals surface area contributed by atoms with Gasteiger partial charge in [0.15, 0.2) is 0 Å². The lowest BCUT2D eigenvalue weighted by molar-refractivity contribution is 0.241. The van der Waals surface area contributed by atoms with Crippen molar-refractivity contribution in [3.8, 4) is 17.1 Å². The molecule has 0 amide bonds. The van der Waals surface area contributed by atoms with Crippen LogP contribution >= 0.6 is 11.6 Å². The second kappa shape index (κ2) is 7.66. The molecule has 1 aromatic heterocycles. The van der Waals surface area contributed by atoms with E-state index >= 15 is 0 Å². The molecule has 1 aliphatic rings. The average Bonchev–Trinajstić information content (AvgIpc) is 2.70. The van der Waals surface area contributed by atoms with Crippen molar-refractivity contribution >= 4 is 17.3 Å². The van der Waals surface area contributed by atoms with Crippen LogP contribution in [-0.4, -0.2) is 28.5 Å². The Hall–Kier alpha value is -2.83. The Morgan fingerprint density at radius 1 is 1.25 bits per heavy atom. The number of nitrogen functional groups attached to an aromatic ring is 1. The van der Waals surface area contributed by atoms with Gasteiger partial charge in [-0.3, -0.25) is 9.69 Å². The van der Waals surface area contributed by atoms with Gasteiger partial charge in [0.25, 0.3) is 5.56 Å². The number of nitrogens with zero attached hydrogens (tertiary/aromatic N) is 2. The van der Waals surface area contributed by atoms with E-state index in [0.717, 1.165) is 23.4 Å². The molecule has 0 aliphatic carbocycles. The van der Waals surface area contributed by atoms with Gasteiger partial charge < -0.3 is 15.5 Å². The fraction of sp³-hybridized carbons (Fsp3) is 0.238. The Balaban J connectivity index is 1.58. The smallest absolute Gasteiger partial charge is 0.255 e. The lowest BCUT2D eigenvalue weighted by atomic mass is 10.1. The molecular formula is C21H21ClN4O2. The van der Waals surface area contributed by atoms with E-state index in [-0.39, 0.29) is 5.56 Å². The maximum absolute atomic E-state index is 12.7. The number of rotatable bonds is 4. The minimum atomic E-state index is -0.0988. The maximum atomic E-state index is 12.7. The van der Waals surface area contributed by atoms with E-state index in [1.54, 1.807) is 19.2 Å². The first-order chi connectivity index (χ1) is 13.5. The molecule has 2 aromatic carbocycles. The first-order valence-electron chi connectivity index (χ1n) is 9.07. The van der Waals surface area contributed by atoms with Crippen LogP contribution in [0.3, 0.4) is 0 Å². The van der Waals surface area contributed by atoms with Crippen LogP contribution in [0.1, 0.15) is 16.8 Å². The Morgan fingerprint density at radius 2 is 2.04 bits per heavy atom. The van der Waals surface area contributed by atoms with Gasteiger partial charge in [0.2, 0.25) is 0 Å². The molecule has 3 aromatic rings. The molecule has 0 radical (unpaired) electrons. The zero-order chi connectivity index (χ0) is 19.7. The predicted molar refractivity (Wildman–Crippen MR) is 111 cm³/mol. The van der Waals surface area contributed by atoms with Crippen molar-refractivity contribution < 1.29 is 4.74 Å². The lowest BCUT2D eigenvalue weighted by Crippen LogP contribution is -2.35. The summed E-state index contributed by atoms with van der Waals surface area (Å²) in [7, 11) is 1.60. The number of aromatic nitrogens is 2. The normalized spacial score (nSPS) is 13.9. The Morgan fingerprint density at radius 3 is 2.79 bits per heavy atom. The molecular weight excluding hydrogens is 376 g/mol. The molecule has 6 nitrogen and oxygen atoms in total. The van der Waals surface area contributed by atoms with Crippen molar-refractivity contribution in [2.45, 2.75) is 19.5 Å². The van der Waals surface area contributed by atoms with Crippen molar-refractivity contribution in [2.75, 3.05) is 19.4 Å². The number of methoxy groups -OCH3 is 1. The monoisotopic (exact) mass is 396 g/mol. The highest BCUT2D eigenvalue weighted by atomic mass is 35.5. The van der Waals surface area contributed by atoms with E-state index in [4.69, 9.17) is 27.1 Å². The molecule has 0 unspecified atom stereocenters. The molecule has 1 aliphatic heterocycles. The van der Waals surface area contributed by atoms with E-state index < -0.39 is 0 Å². The summed E-state index contributed by atoms with van der Waals surface area (Å²) < 4.78 is 5.29. The SMILES string of the molecule is COc1cccc(CN2CCc3nc(-c4ccc(N)cc4)[nH]c(=O)c3C2)c1Cl. The number of anilines is 1. The fourth-order valence-corrected chi connectivity index (χ4v) is 3.73. The van der Waals surface area contributed by atoms with Gasteiger partial charge >= 0.3 is 0 Å². The molecule has 28 heavy (non-hydrogen) atoms. The number of fused-ring (bicyclic) bond motifs is 1. The summed E-state index contributed by atoms with van der Waals surface area (Å²) in [6.07, 6.45) is 0.711. The van der Waals surface area contributed by atoms with E-state index in [0.29, 0.717) is 47.4 Å². The number of benzene rings is 2. The minimum Gasteiger partial charge on any atom is -0.495 e. The zero-order valence-electron chi connectivity index (χ0n) is 15.5. The first kappa shape index (κ1) is 18.5. The molecule has 0 spiro atoms. The number of hydrogen-bond donors (Lipinski definition) is 2. The van der Waals surface area contributed by atoms with Crippen LogP contribution in [0.2, 0.25) is 5.02 Å². The molecule has 0 bridgehead atoms. The zero-order valence-corrected chi connectivity index (χ0v) is 16.3. The largest absolute Gasteiger partial charge is 0.495 e. The van der Waals surface area contributed by atoms with Crippen LogP contribution in [0.25, 0.3) is 11.4 Å². The highest BCUT2D eigenvalue weighted by molar-refractivity contribution is 6.32. The number of H-pyrrole nitrogens is 1. The van der Waals surface area contributed by atoms with Crippen molar-refractivity contribution in [2.24, 2.45) is 0 Å². The number of nitrogens with two attached hydrogens (primary N) is 1. The average molecular weight is 397 g/mol. The topological polar surface area (TPSA) is 84.2 Å². The highest BCUT2D eigenvalue weighted by Gasteiger charge is 2.22. The van der Waals surface area contributed by atoms with Gasteiger partial charge in [0.1, 0.15) is 11.6 Å². The summed E-state index contributed by atoms with van der Waals surface area (Å²) in [6.45, 7) is 1.99. The highest BCUT2D eigenvalue weighted by Crippen LogP contribution is 2.29. The molecule has 0 atom stereocenters. The minimum absolute atomic E-state index is 0.0988. The lowest BCUT2D eigenvalue weighted by Gasteiger charge is -2.28. The molecule has 144 valence electrons. The summed E-state index contributed by atoms with van der Waals surface area (Å²) in [5, 5.41) is 0.613. The molecule has 3 N–H and O–H groups in total. The number of ether oxygens (including phenoxy) is 1. The third-order valence-corrected chi connectivity index (χ3v) is 5.42. The van der Waals surface area contributed by atoms with Crippen LogP contribution in [0, 0.1) is 0 Å². The number of nitrogens with one attached hydrogen (secondary N) is 1. The van der Waals surface area contributed by atoms with E-state index in [1.807, 2.05) is 30.3 Å². The third-order valence-electron chi connectivity index (χ3n) is 4.99. The standard InChI is InChI=1S/C21H21ClN4O2/c1-28-18-4-2-3-14(19(18)22)11-26-10-9-17-16(12-26)21(27)25-20(24-17)13-5-7-15(23)8-6-13/h2-8H,9-12,23H2,1H3,(H,24,25,27). The fourth-order valence-electron chi connectivity index (χ4n) is 3.47. The van der Waals surface area contributed by atoms with E-state index in [1.165, 1.54) is 0 Å². The summed E-state index contributed by atoms with van der Waals surface area (Å²) in [6, 6.07) is 13.1. The molecule has 0 fully saturated rings. The predicted octanol–water partition coefficient (Wildman–Crippen LogP) is 3.24. The van der Waals surface area contributed by atoms with Gasteiger partial charge in [-0.1, -0.05) is 23.7 Å². The van der Waals surface area contributed by atoms with Crippen molar-refractivity contribution in [3.63, 3.8) is 0 Å². The summed E-state index contributed by atoms with van der Waals surface area (Å²) >= 11 is 6.42. The summed E-state index contributed by atoms with van der Waals surface area (Å²) in [5.41, 5.74) is 9.70. The maximum Gasteiger partial charge on any atom is 0.255 e. The van der Waals surface area contributed by atoms with Crippen molar-refractivity contribution in [1.29, 1.82) is 0 Å². The van der Waals surface area contributed by atoms with Crippen LogP contribution in [-0.2, 0) is 19.5 Å². The molecule has 0 saturated heterocycles. The van der Waals surface area contributed by atoms with Gasteiger partial charge in [-0.15, -0.1) is 0 Å². The molecule has 4 rings (SSSR count). The molecule has 2 heterocycles. The quantitative estimate of drug-likeness (QED) is 0.661. The van der Waals surface area contributed by atoms with Gasteiger partial charge in [0, 0.05) is 37.3 Å². The van der Waals surface area contributed by atoms with E-state index in [2.05, 4.69) is 9.88 Å². The van der Waals surface area contributed by atoms with Crippen LogP contribution in [0.5, 0.6) is 5.75 Å². The second-order valence-corrected chi connectivity index (χ2v) is 7.23. The van der Waals surface area contributed by atoms with Crippen molar-refractivity contribution in [1.82, 2.24) is 14.9 Å². The van der Waals surface area contributed by atoms with Gasteiger partial charge in [-0.25, -0.2) is 4.98 Å². The number of aromatic amines is 1. The molecule has 0 saturated carbocycles. The van der Waals surface area contributed by atoms with Gasteiger partial charge in [0.05, 0.1) is 23.4 Å². The summed E-state index contributed by atoms with van der Waals surface area (Å²) in [5.74, 6) is 1.23. The molecule has 7 heteroatoms. The first-order valence-corrected chi connectivity index (χ1v) is 9.44.